The number of hydrogen-bond donors (Lipinski definition) is 2. The molecular weight excluding hydrogens is 152 g/mol. The summed E-state index contributed by atoms with van der Waals surface area (Å²) < 4.78 is 5.06. The smallest absolute Gasteiger partial charge is 0.119 e. The molecule has 3 heteroatoms. The molecule has 1 rings (SSSR count). The fraction of sp³-hybridized carbons (Fsp3) is 0.333. The molecule has 0 aliphatic carbocycles. The Kier molecular flexibility index (Phi) is 5.08. The van der Waals surface area contributed by atoms with Crippen LogP contribution in [-0.4, -0.2) is 13.7 Å². The van der Waals surface area contributed by atoms with Gasteiger partial charge in [-0.2, -0.15) is 0 Å². The van der Waals surface area contributed by atoms with Crippen LogP contribution in [0.5, 0.6) is 5.75 Å². The molecule has 68 valence electrons. The maximum absolute atomic E-state index is 5.41. The molecule has 3 nitrogen and oxygen atoms in total. The first-order valence-electron chi connectivity index (χ1n) is 3.70. The van der Waals surface area contributed by atoms with E-state index < -0.39 is 0 Å². The van der Waals surface area contributed by atoms with Gasteiger partial charge in [0.1, 0.15) is 5.75 Å². The largest absolute Gasteiger partial charge is 0.497 e. The lowest BCUT2D eigenvalue weighted by Gasteiger charge is -2.01. The van der Waals surface area contributed by atoms with Gasteiger partial charge in [0, 0.05) is 0 Å². The van der Waals surface area contributed by atoms with Gasteiger partial charge in [-0.05, 0) is 30.7 Å². The highest BCUT2D eigenvalue weighted by Crippen LogP contribution is 2.12. The summed E-state index contributed by atoms with van der Waals surface area (Å²) in [5, 5.41) is 0. The second kappa shape index (κ2) is 5.57. The van der Waals surface area contributed by atoms with E-state index in [1.807, 2.05) is 18.2 Å². The lowest BCUT2D eigenvalue weighted by atomic mass is 10.1. The molecule has 0 fully saturated rings. The molecule has 0 saturated carbocycles. The topological polar surface area (TPSA) is 70.2 Å². The molecule has 0 unspecified atom stereocenters. The van der Waals surface area contributed by atoms with Gasteiger partial charge in [0.15, 0.2) is 0 Å². The van der Waals surface area contributed by atoms with Crippen LogP contribution in [0.15, 0.2) is 24.3 Å². The van der Waals surface area contributed by atoms with Gasteiger partial charge in [-0.15, -0.1) is 0 Å². The minimum absolute atomic E-state index is 0. The van der Waals surface area contributed by atoms with Crippen LogP contribution in [0.4, 0.5) is 0 Å². The van der Waals surface area contributed by atoms with Crippen LogP contribution in [0, 0.1) is 0 Å². The van der Waals surface area contributed by atoms with Crippen molar-refractivity contribution >= 4 is 0 Å². The van der Waals surface area contributed by atoms with Crippen LogP contribution >= 0.6 is 0 Å². The van der Waals surface area contributed by atoms with Crippen molar-refractivity contribution in [2.75, 3.05) is 13.7 Å². The van der Waals surface area contributed by atoms with E-state index >= 15 is 0 Å². The minimum atomic E-state index is 0. The van der Waals surface area contributed by atoms with Crippen LogP contribution in [-0.2, 0) is 6.42 Å². The zero-order valence-electron chi connectivity index (χ0n) is 7.42. The van der Waals surface area contributed by atoms with Gasteiger partial charge in [0.05, 0.1) is 7.11 Å². The normalized spacial score (nSPS) is 8.83. The van der Waals surface area contributed by atoms with Gasteiger partial charge in [0.2, 0.25) is 0 Å². The van der Waals surface area contributed by atoms with Crippen LogP contribution in [0.1, 0.15) is 5.56 Å². The lowest BCUT2D eigenvalue weighted by molar-refractivity contribution is 0.414. The summed E-state index contributed by atoms with van der Waals surface area (Å²) in [6.45, 7) is 0.688. The first-order chi connectivity index (χ1) is 5.36. The Hall–Kier alpha value is -1.06. The third-order valence-electron chi connectivity index (χ3n) is 1.57. The van der Waals surface area contributed by atoms with Crippen molar-refractivity contribution < 1.29 is 4.74 Å². The summed E-state index contributed by atoms with van der Waals surface area (Å²) in [4.78, 5) is 0. The van der Waals surface area contributed by atoms with Crippen molar-refractivity contribution in [2.24, 2.45) is 5.73 Å². The molecule has 0 atom stereocenters. The van der Waals surface area contributed by atoms with Crippen LogP contribution in [0.3, 0.4) is 0 Å². The average molecular weight is 168 g/mol. The fourth-order valence-electron chi connectivity index (χ4n) is 0.995. The molecule has 0 radical (unpaired) electrons. The van der Waals surface area contributed by atoms with E-state index in [1.165, 1.54) is 5.56 Å². The number of ether oxygens (including phenoxy) is 1. The second-order valence-electron chi connectivity index (χ2n) is 2.39. The van der Waals surface area contributed by atoms with E-state index in [0.29, 0.717) is 6.54 Å². The summed E-state index contributed by atoms with van der Waals surface area (Å²) in [6.07, 6.45) is 0.914. The zero-order chi connectivity index (χ0) is 8.10. The van der Waals surface area contributed by atoms with Gasteiger partial charge in [-0.25, -0.2) is 0 Å². The van der Waals surface area contributed by atoms with Crippen molar-refractivity contribution in [2.45, 2.75) is 6.42 Å². The van der Waals surface area contributed by atoms with Crippen LogP contribution < -0.4 is 16.6 Å². The van der Waals surface area contributed by atoms with E-state index in [0.717, 1.165) is 12.2 Å². The predicted molar refractivity (Wildman–Crippen MR) is 50.8 cm³/mol. The van der Waals surface area contributed by atoms with E-state index in [4.69, 9.17) is 10.5 Å². The number of methoxy groups -OCH3 is 1. The zero-order valence-corrected chi connectivity index (χ0v) is 7.42. The summed E-state index contributed by atoms with van der Waals surface area (Å²) in [5.74, 6) is 0.899. The minimum Gasteiger partial charge on any atom is -0.497 e. The Morgan fingerprint density at radius 3 is 2.75 bits per heavy atom. The predicted octanol–water partition coefficient (Wildman–Crippen LogP) is 1.36. The monoisotopic (exact) mass is 168 g/mol. The molecule has 0 aliphatic rings. The van der Waals surface area contributed by atoms with Gasteiger partial charge in [-0.3, -0.25) is 0 Å². The molecule has 12 heavy (non-hydrogen) atoms. The van der Waals surface area contributed by atoms with Gasteiger partial charge >= 0.3 is 0 Å². The fourth-order valence-corrected chi connectivity index (χ4v) is 0.995. The van der Waals surface area contributed by atoms with Gasteiger partial charge in [-0.1, -0.05) is 12.1 Å². The highest BCUT2D eigenvalue weighted by Gasteiger charge is 1.92. The summed E-state index contributed by atoms with van der Waals surface area (Å²) in [7, 11) is 1.67. The Balaban J connectivity index is 0.00000121. The molecule has 0 amide bonds. The first kappa shape index (κ1) is 10.9. The Morgan fingerprint density at radius 2 is 2.17 bits per heavy atom. The first-order valence-corrected chi connectivity index (χ1v) is 3.70. The number of rotatable bonds is 3. The van der Waals surface area contributed by atoms with E-state index in [-0.39, 0.29) is 6.15 Å². The quantitative estimate of drug-likeness (QED) is 0.715. The molecular formula is C9H16N2O. The van der Waals surface area contributed by atoms with Crippen molar-refractivity contribution in [3.63, 3.8) is 0 Å². The molecule has 0 saturated heterocycles. The maximum Gasteiger partial charge on any atom is 0.119 e. The standard InChI is InChI=1S/C9H13NO.H3N/c1-11-9-4-2-3-8(7-9)5-6-10;/h2-4,7H,5-6,10H2,1H3;1H3. The molecule has 1 aromatic carbocycles. The molecule has 0 bridgehead atoms. The van der Waals surface area contributed by atoms with Crippen molar-refractivity contribution in [1.29, 1.82) is 0 Å². The third kappa shape index (κ3) is 2.90. The molecule has 5 N–H and O–H groups in total. The SMILES string of the molecule is COc1cccc(CCN)c1.N. The van der Waals surface area contributed by atoms with Gasteiger partial charge < -0.3 is 16.6 Å². The van der Waals surface area contributed by atoms with E-state index in [2.05, 4.69) is 6.07 Å². The maximum atomic E-state index is 5.41. The number of hydrogen-bond acceptors (Lipinski definition) is 3. The average Bonchev–Trinajstić information content (AvgIpc) is 2.06. The van der Waals surface area contributed by atoms with E-state index in [9.17, 15) is 0 Å². The molecule has 0 heterocycles. The summed E-state index contributed by atoms with van der Waals surface area (Å²) in [6, 6.07) is 7.96. The molecule has 0 aromatic heterocycles. The molecule has 1 aromatic rings. The van der Waals surface area contributed by atoms with Crippen LogP contribution in [0.25, 0.3) is 0 Å². The Morgan fingerprint density at radius 1 is 1.42 bits per heavy atom. The third-order valence-corrected chi connectivity index (χ3v) is 1.57. The van der Waals surface area contributed by atoms with E-state index in [1.54, 1.807) is 7.11 Å². The van der Waals surface area contributed by atoms with Crippen molar-refractivity contribution in [1.82, 2.24) is 6.15 Å². The highest BCUT2D eigenvalue weighted by atomic mass is 16.5. The number of benzene rings is 1. The van der Waals surface area contributed by atoms with Gasteiger partial charge in [0.25, 0.3) is 0 Å². The Labute approximate surface area is 73.1 Å². The number of nitrogens with two attached hydrogens (primary N) is 1. The lowest BCUT2D eigenvalue weighted by Crippen LogP contribution is -2.02. The summed E-state index contributed by atoms with van der Waals surface area (Å²) in [5.41, 5.74) is 6.64. The summed E-state index contributed by atoms with van der Waals surface area (Å²) >= 11 is 0. The molecule has 0 spiro atoms. The molecule has 0 aliphatic heterocycles. The van der Waals surface area contributed by atoms with Crippen LogP contribution in [0.2, 0.25) is 0 Å². The second-order valence-corrected chi connectivity index (χ2v) is 2.39. The Bertz CT molecular complexity index is 226. The van der Waals surface area contributed by atoms with Crippen molar-refractivity contribution in [3.05, 3.63) is 29.8 Å². The highest BCUT2D eigenvalue weighted by molar-refractivity contribution is 5.28. The van der Waals surface area contributed by atoms with Crippen molar-refractivity contribution in [3.8, 4) is 5.75 Å².